The molecule has 0 radical (unpaired) electrons. The van der Waals surface area contributed by atoms with Crippen molar-refractivity contribution in [3.8, 4) is 0 Å². The monoisotopic (exact) mass is 241 g/mol. The van der Waals surface area contributed by atoms with E-state index in [2.05, 4.69) is 8.37 Å². The van der Waals surface area contributed by atoms with Gasteiger partial charge in [0.25, 0.3) is 0 Å². The van der Waals surface area contributed by atoms with Crippen LogP contribution in [0.25, 0.3) is 0 Å². The lowest BCUT2D eigenvalue weighted by atomic mass is 10.0. The normalized spacial score (nSPS) is 37.9. The Bertz CT molecular complexity index is 328. The summed E-state index contributed by atoms with van der Waals surface area (Å²) in [5.41, 5.74) is 5.21. The van der Waals surface area contributed by atoms with E-state index >= 15 is 0 Å². The van der Waals surface area contributed by atoms with E-state index in [0.29, 0.717) is 0 Å². The van der Waals surface area contributed by atoms with Crippen LogP contribution in [0.5, 0.6) is 0 Å². The quantitative estimate of drug-likeness (QED) is 0.432. The second-order valence-electron chi connectivity index (χ2n) is 3.02. The Balaban J connectivity index is 2.94. The van der Waals surface area contributed by atoms with E-state index in [1.165, 1.54) is 0 Å². The molecule has 1 fully saturated rings. The SMILES string of the molecule is N[C@@H](C=O)[C@H]1OS(=O)(=O)OC[C@@H](O)[C@@H]1O. The van der Waals surface area contributed by atoms with Gasteiger partial charge in [0, 0.05) is 0 Å². The fraction of sp³-hybridized carbons (Fsp3) is 0.833. The van der Waals surface area contributed by atoms with Crippen LogP contribution in [0.2, 0.25) is 0 Å². The third kappa shape index (κ3) is 2.93. The summed E-state index contributed by atoms with van der Waals surface area (Å²) in [7, 11) is -4.35. The summed E-state index contributed by atoms with van der Waals surface area (Å²) >= 11 is 0. The molecule has 0 unspecified atom stereocenters. The molecule has 0 spiro atoms. The Morgan fingerprint density at radius 1 is 1.47 bits per heavy atom. The predicted octanol–water partition coefficient (Wildman–Crippen LogP) is -3.11. The Hall–Kier alpha value is -0.580. The molecule has 0 saturated carbocycles. The molecule has 0 aromatic heterocycles. The lowest BCUT2D eigenvalue weighted by molar-refractivity contribution is -0.114. The van der Waals surface area contributed by atoms with E-state index in [0.717, 1.165) is 0 Å². The zero-order valence-corrected chi connectivity index (χ0v) is 8.33. The molecule has 0 aromatic carbocycles. The van der Waals surface area contributed by atoms with Crippen molar-refractivity contribution in [2.75, 3.05) is 6.61 Å². The second-order valence-corrected chi connectivity index (χ2v) is 4.27. The Morgan fingerprint density at radius 2 is 2.07 bits per heavy atom. The van der Waals surface area contributed by atoms with Gasteiger partial charge in [-0.25, -0.2) is 8.37 Å². The average Bonchev–Trinajstić information content (AvgIpc) is 2.29. The van der Waals surface area contributed by atoms with Gasteiger partial charge in [0.15, 0.2) is 0 Å². The highest BCUT2D eigenvalue weighted by atomic mass is 32.3. The van der Waals surface area contributed by atoms with E-state index < -0.39 is 41.4 Å². The van der Waals surface area contributed by atoms with Crippen LogP contribution in [0.3, 0.4) is 0 Å². The van der Waals surface area contributed by atoms with E-state index in [1.807, 2.05) is 0 Å². The summed E-state index contributed by atoms with van der Waals surface area (Å²) < 4.78 is 30.4. The van der Waals surface area contributed by atoms with E-state index in [-0.39, 0.29) is 6.29 Å². The molecule has 15 heavy (non-hydrogen) atoms. The van der Waals surface area contributed by atoms with Gasteiger partial charge in [0.2, 0.25) is 0 Å². The second kappa shape index (κ2) is 4.51. The minimum absolute atomic E-state index is 0.210. The van der Waals surface area contributed by atoms with Crippen molar-refractivity contribution in [2.45, 2.75) is 24.4 Å². The molecule has 1 heterocycles. The zero-order valence-electron chi connectivity index (χ0n) is 7.52. The molecule has 1 aliphatic rings. The van der Waals surface area contributed by atoms with Gasteiger partial charge in [0.1, 0.15) is 24.6 Å². The fourth-order valence-corrected chi connectivity index (χ4v) is 1.94. The van der Waals surface area contributed by atoms with Crippen LogP contribution >= 0.6 is 0 Å². The van der Waals surface area contributed by atoms with E-state index in [1.54, 1.807) is 0 Å². The number of aliphatic hydroxyl groups is 2. The molecular formula is C6H11NO7S. The van der Waals surface area contributed by atoms with Gasteiger partial charge in [-0.3, -0.25) is 0 Å². The average molecular weight is 241 g/mol. The maximum absolute atomic E-state index is 11.0. The van der Waals surface area contributed by atoms with Crippen LogP contribution < -0.4 is 5.73 Å². The third-order valence-electron chi connectivity index (χ3n) is 1.88. The molecule has 0 bridgehead atoms. The molecule has 8 nitrogen and oxygen atoms in total. The number of aliphatic hydroxyl groups excluding tert-OH is 2. The van der Waals surface area contributed by atoms with Gasteiger partial charge < -0.3 is 20.7 Å². The van der Waals surface area contributed by atoms with Crippen LogP contribution in [0.15, 0.2) is 0 Å². The van der Waals surface area contributed by atoms with Crippen LogP contribution in [0.1, 0.15) is 0 Å². The highest BCUT2D eigenvalue weighted by Gasteiger charge is 2.40. The van der Waals surface area contributed by atoms with Gasteiger partial charge in [-0.2, -0.15) is 8.42 Å². The van der Waals surface area contributed by atoms with Crippen LogP contribution in [0.4, 0.5) is 0 Å². The first kappa shape index (κ1) is 12.5. The molecule has 1 aliphatic heterocycles. The molecule has 4 N–H and O–H groups in total. The molecule has 0 aromatic rings. The first-order valence-corrected chi connectivity index (χ1v) is 5.35. The molecule has 0 amide bonds. The van der Waals surface area contributed by atoms with Gasteiger partial charge in [0.05, 0.1) is 12.6 Å². The van der Waals surface area contributed by atoms with Crippen molar-refractivity contribution < 1.29 is 31.8 Å². The lowest BCUT2D eigenvalue weighted by Gasteiger charge is -2.23. The summed E-state index contributed by atoms with van der Waals surface area (Å²) in [5.74, 6) is 0. The van der Waals surface area contributed by atoms with E-state index in [4.69, 9.17) is 5.73 Å². The summed E-state index contributed by atoms with van der Waals surface area (Å²) in [5, 5.41) is 18.6. The maximum Gasteiger partial charge on any atom is 0.400 e. The first-order valence-electron chi connectivity index (χ1n) is 4.02. The molecule has 1 saturated heterocycles. The van der Waals surface area contributed by atoms with Gasteiger partial charge in [-0.1, -0.05) is 0 Å². The van der Waals surface area contributed by atoms with Gasteiger partial charge >= 0.3 is 10.4 Å². The lowest BCUT2D eigenvalue weighted by Crippen LogP contribution is -2.50. The minimum atomic E-state index is -4.35. The maximum atomic E-state index is 11.0. The summed E-state index contributed by atoms with van der Waals surface area (Å²) in [4.78, 5) is 10.3. The summed E-state index contributed by atoms with van der Waals surface area (Å²) in [6.07, 6.45) is -4.44. The molecule has 88 valence electrons. The zero-order chi connectivity index (χ0) is 11.6. The Morgan fingerprint density at radius 3 is 2.60 bits per heavy atom. The Labute approximate surface area is 85.9 Å². The van der Waals surface area contributed by atoms with Crippen molar-refractivity contribution in [3.63, 3.8) is 0 Å². The van der Waals surface area contributed by atoms with Gasteiger partial charge in [-0.15, -0.1) is 0 Å². The number of nitrogens with two attached hydrogens (primary N) is 1. The number of hydrogen-bond donors (Lipinski definition) is 3. The number of aldehydes is 1. The van der Waals surface area contributed by atoms with Gasteiger partial charge in [-0.05, 0) is 0 Å². The van der Waals surface area contributed by atoms with E-state index in [9.17, 15) is 23.4 Å². The molecular weight excluding hydrogens is 230 g/mol. The first-order chi connectivity index (χ1) is 6.87. The standard InChI is InChI=1S/C6H11NO7S/c7-3(1-8)6-5(10)4(9)2-13-15(11,12)14-6/h1,3-6,9-10H,2,7H2/t3-,4+,5-,6+/m0/s1. The topological polar surface area (TPSA) is 136 Å². The number of carbonyl (C=O) groups is 1. The smallest absolute Gasteiger partial charge is 0.388 e. The summed E-state index contributed by atoms with van der Waals surface area (Å²) in [6, 6.07) is -1.37. The fourth-order valence-electron chi connectivity index (χ4n) is 1.06. The highest BCUT2D eigenvalue weighted by molar-refractivity contribution is 7.81. The van der Waals surface area contributed by atoms with Crippen molar-refractivity contribution in [1.29, 1.82) is 0 Å². The van der Waals surface area contributed by atoms with Crippen molar-refractivity contribution in [3.05, 3.63) is 0 Å². The highest BCUT2D eigenvalue weighted by Crippen LogP contribution is 2.16. The van der Waals surface area contributed by atoms with Crippen molar-refractivity contribution in [2.24, 2.45) is 5.73 Å². The minimum Gasteiger partial charge on any atom is -0.388 e. The largest absolute Gasteiger partial charge is 0.400 e. The third-order valence-corrected chi connectivity index (χ3v) is 2.76. The van der Waals surface area contributed by atoms with Crippen molar-refractivity contribution >= 4 is 16.7 Å². The number of hydrogen-bond acceptors (Lipinski definition) is 8. The molecule has 1 rings (SSSR count). The predicted molar refractivity (Wildman–Crippen MR) is 45.8 cm³/mol. The molecule has 4 atom stereocenters. The van der Waals surface area contributed by atoms with Crippen LogP contribution in [-0.2, 0) is 23.6 Å². The number of carbonyl (C=O) groups excluding carboxylic acids is 1. The Kier molecular flexibility index (Phi) is 3.76. The van der Waals surface area contributed by atoms with Crippen molar-refractivity contribution in [1.82, 2.24) is 0 Å². The summed E-state index contributed by atoms with van der Waals surface area (Å²) in [6.45, 7) is -0.647. The molecule has 9 heteroatoms. The van der Waals surface area contributed by atoms with Crippen LogP contribution in [-0.4, -0.2) is 55.9 Å². The molecule has 0 aliphatic carbocycles. The van der Waals surface area contributed by atoms with Crippen LogP contribution in [0, 0.1) is 0 Å². The number of rotatable bonds is 2.